The van der Waals surface area contributed by atoms with E-state index in [9.17, 15) is 0 Å². The highest BCUT2D eigenvalue weighted by molar-refractivity contribution is 9.10. The Hall–Kier alpha value is -1.29. The predicted molar refractivity (Wildman–Crippen MR) is 83.5 cm³/mol. The summed E-state index contributed by atoms with van der Waals surface area (Å²) in [5.41, 5.74) is 3.60. The Morgan fingerprint density at radius 3 is 2.47 bits per heavy atom. The van der Waals surface area contributed by atoms with E-state index in [1.54, 1.807) is 0 Å². The zero-order valence-corrected chi connectivity index (χ0v) is 13.3. The molecule has 0 radical (unpaired) electrons. The number of nitrogens with zero attached hydrogens (tertiary/aromatic N) is 3. The molecule has 0 unspecified atom stereocenters. The van der Waals surface area contributed by atoms with Crippen molar-refractivity contribution in [1.29, 1.82) is 0 Å². The largest absolute Gasteiger partial charge is 0.369 e. The van der Waals surface area contributed by atoms with Crippen molar-refractivity contribution < 1.29 is 0 Å². The third-order valence-corrected chi connectivity index (χ3v) is 4.19. The Morgan fingerprint density at radius 1 is 1.21 bits per heavy atom. The fourth-order valence-electron chi connectivity index (χ4n) is 2.17. The van der Waals surface area contributed by atoms with Gasteiger partial charge in [0.25, 0.3) is 0 Å². The number of aryl methyl sites for hydroxylation is 2. The minimum Gasteiger partial charge on any atom is -0.369 e. The molecule has 1 aromatic heterocycles. The lowest BCUT2D eigenvalue weighted by Gasteiger charge is -2.20. The van der Waals surface area contributed by atoms with Crippen LogP contribution in [0.2, 0.25) is 0 Å². The van der Waals surface area contributed by atoms with Gasteiger partial charge in [-0.1, -0.05) is 25.1 Å². The normalized spacial score (nSPS) is 10.7. The van der Waals surface area contributed by atoms with Crippen LogP contribution in [0.3, 0.4) is 0 Å². The lowest BCUT2D eigenvalue weighted by Crippen LogP contribution is -2.19. The van der Waals surface area contributed by atoms with Crippen molar-refractivity contribution in [3.8, 4) is 0 Å². The summed E-state index contributed by atoms with van der Waals surface area (Å²) in [6, 6.07) is 10.4. The van der Waals surface area contributed by atoms with E-state index >= 15 is 0 Å². The van der Waals surface area contributed by atoms with Crippen LogP contribution in [0.5, 0.6) is 0 Å². The number of hydrogen-bond donors (Lipinski definition) is 0. The van der Waals surface area contributed by atoms with Gasteiger partial charge in [-0.25, -0.2) is 0 Å². The second kappa shape index (κ2) is 6.24. The molecule has 0 bridgehead atoms. The molecule has 0 amide bonds. The van der Waals surface area contributed by atoms with Crippen molar-refractivity contribution in [2.75, 3.05) is 11.9 Å². The van der Waals surface area contributed by atoms with Gasteiger partial charge < -0.3 is 4.90 Å². The third-order valence-electron chi connectivity index (χ3n) is 3.28. The molecule has 0 aliphatic rings. The lowest BCUT2D eigenvalue weighted by molar-refractivity contribution is 0.609. The van der Waals surface area contributed by atoms with Crippen molar-refractivity contribution in [1.82, 2.24) is 9.78 Å². The first-order chi connectivity index (χ1) is 9.17. The standard InChI is InChI=1S/C15H20BrN3/c1-4-13-15(16)14(19(5-2)17-13)11-18(3)12-9-7-6-8-10-12/h6-10H,4-5,11H2,1-3H3. The van der Waals surface area contributed by atoms with Gasteiger partial charge in [0.2, 0.25) is 0 Å². The molecule has 102 valence electrons. The molecular formula is C15H20BrN3. The van der Waals surface area contributed by atoms with Crippen LogP contribution in [0, 0.1) is 0 Å². The average molecular weight is 322 g/mol. The summed E-state index contributed by atoms with van der Waals surface area (Å²) in [7, 11) is 2.11. The Kier molecular flexibility index (Phi) is 4.64. The van der Waals surface area contributed by atoms with Gasteiger partial charge in [-0.2, -0.15) is 5.10 Å². The Morgan fingerprint density at radius 2 is 1.89 bits per heavy atom. The third kappa shape index (κ3) is 3.00. The summed E-state index contributed by atoms with van der Waals surface area (Å²) in [6.45, 7) is 6.02. The molecule has 0 spiro atoms. The number of halogens is 1. The Bertz CT molecular complexity index is 534. The molecule has 0 fully saturated rings. The van der Waals surface area contributed by atoms with E-state index < -0.39 is 0 Å². The molecule has 0 aliphatic carbocycles. The molecule has 2 rings (SSSR count). The molecule has 0 aliphatic heterocycles. The maximum absolute atomic E-state index is 4.64. The first-order valence-electron chi connectivity index (χ1n) is 6.67. The maximum Gasteiger partial charge on any atom is 0.0767 e. The van der Waals surface area contributed by atoms with Crippen LogP contribution in [-0.4, -0.2) is 16.8 Å². The van der Waals surface area contributed by atoms with Crippen LogP contribution in [0.4, 0.5) is 5.69 Å². The maximum atomic E-state index is 4.64. The summed E-state index contributed by atoms with van der Waals surface area (Å²) >= 11 is 3.69. The van der Waals surface area contributed by atoms with Gasteiger partial charge in [0.05, 0.1) is 22.4 Å². The molecule has 1 aromatic carbocycles. The topological polar surface area (TPSA) is 21.1 Å². The summed E-state index contributed by atoms with van der Waals surface area (Å²) in [6.07, 6.45) is 0.954. The van der Waals surface area contributed by atoms with E-state index in [1.807, 2.05) is 6.07 Å². The Balaban J connectivity index is 2.26. The summed E-state index contributed by atoms with van der Waals surface area (Å²) in [5.74, 6) is 0. The van der Waals surface area contributed by atoms with E-state index in [0.717, 1.165) is 29.7 Å². The SMILES string of the molecule is CCc1nn(CC)c(CN(C)c2ccccc2)c1Br. The fourth-order valence-corrected chi connectivity index (χ4v) is 2.86. The minimum atomic E-state index is 0.853. The highest BCUT2D eigenvalue weighted by Crippen LogP contribution is 2.25. The lowest BCUT2D eigenvalue weighted by atomic mass is 10.2. The van der Waals surface area contributed by atoms with Crippen LogP contribution in [0.25, 0.3) is 0 Å². The summed E-state index contributed by atoms with van der Waals surface area (Å²) in [4.78, 5) is 2.24. The van der Waals surface area contributed by atoms with Crippen LogP contribution < -0.4 is 4.90 Å². The van der Waals surface area contributed by atoms with Gasteiger partial charge >= 0.3 is 0 Å². The van der Waals surface area contributed by atoms with Gasteiger partial charge in [-0.15, -0.1) is 0 Å². The molecule has 4 heteroatoms. The second-order valence-electron chi connectivity index (χ2n) is 4.57. The molecule has 2 aromatic rings. The van der Waals surface area contributed by atoms with Crippen molar-refractivity contribution in [2.45, 2.75) is 33.4 Å². The molecular weight excluding hydrogens is 302 g/mol. The smallest absolute Gasteiger partial charge is 0.0767 e. The van der Waals surface area contributed by atoms with Gasteiger partial charge in [0, 0.05) is 19.3 Å². The zero-order valence-electron chi connectivity index (χ0n) is 11.7. The number of anilines is 1. The molecule has 3 nitrogen and oxygen atoms in total. The fraction of sp³-hybridized carbons (Fsp3) is 0.400. The molecule has 19 heavy (non-hydrogen) atoms. The quantitative estimate of drug-likeness (QED) is 0.833. The summed E-state index contributed by atoms with van der Waals surface area (Å²) in [5, 5.41) is 4.64. The molecule has 0 N–H and O–H groups in total. The van der Waals surface area contributed by atoms with Crippen LogP contribution in [0.15, 0.2) is 34.8 Å². The second-order valence-corrected chi connectivity index (χ2v) is 5.36. The van der Waals surface area contributed by atoms with E-state index in [1.165, 1.54) is 11.4 Å². The van der Waals surface area contributed by atoms with Crippen molar-refractivity contribution in [3.05, 3.63) is 46.2 Å². The minimum absolute atomic E-state index is 0.853. The average Bonchev–Trinajstić information content (AvgIpc) is 2.76. The molecule has 0 atom stereocenters. The van der Waals surface area contributed by atoms with Gasteiger partial charge in [0.15, 0.2) is 0 Å². The molecule has 1 heterocycles. The van der Waals surface area contributed by atoms with Gasteiger partial charge in [0.1, 0.15) is 0 Å². The number of rotatable bonds is 5. The molecule has 0 saturated heterocycles. The molecule has 0 saturated carbocycles. The predicted octanol–water partition coefficient (Wildman–Crippen LogP) is 3.86. The first kappa shape index (κ1) is 14.1. The Labute approximate surface area is 123 Å². The number of aromatic nitrogens is 2. The van der Waals surface area contributed by atoms with Gasteiger partial charge in [-0.3, -0.25) is 4.68 Å². The zero-order chi connectivity index (χ0) is 13.8. The van der Waals surface area contributed by atoms with Crippen LogP contribution >= 0.6 is 15.9 Å². The van der Waals surface area contributed by atoms with Gasteiger partial charge in [-0.05, 0) is 41.4 Å². The number of para-hydroxylation sites is 1. The van der Waals surface area contributed by atoms with Crippen molar-refractivity contribution in [3.63, 3.8) is 0 Å². The van der Waals surface area contributed by atoms with Crippen LogP contribution in [0.1, 0.15) is 25.2 Å². The van der Waals surface area contributed by atoms with E-state index in [-0.39, 0.29) is 0 Å². The highest BCUT2D eigenvalue weighted by Gasteiger charge is 2.15. The first-order valence-corrected chi connectivity index (χ1v) is 7.46. The highest BCUT2D eigenvalue weighted by atomic mass is 79.9. The van der Waals surface area contributed by atoms with E-state index in [0.29, 0.717) is 0 Å². The summed E-state index contributed by atoms with van der Waals surface area (Å²) < 4.78 is 3.24. The monoisotopic (exact) mass is 321 g/mol. The van der Waals surface area contributed by atoms with Crippen LogP contribution in [-0.2, 0) is 19.5 Å². The van der Waals surface area contributed by atoms with Crippen molar-refractivity contribution in [2.24, 2.45) is 0 Å². The van der Waals surface area contributed by atoms with E-state index in [4.69, 9.17) is 0 Å². The number of benzene rings is 1. The van der Waals surface area contributed by atoms with Crippen molar-refractivity contribution >= 4 is 21.6 Å². The number of hydrogen-bond acceptors (Lipinski definition) is 2. The van der Waals surface area contributed by atoms with E-state index in [2.05, 4.69) is 75.8 Å².